The fraction of sp³-hybridized carbons (Fsp3) is 0.778. The summed E-state index contributed by atoms with van der Waals surface area (Å²) in [5, 5.41) is 13.4. The molecule has 1 rings (SSSR count). The first-order chi connectivity index (χ1) is 7.24. The Morgan fingerprint density at radius 2 is 2.53 bits per heavy atom. The third-order valence-corrected chi connectivity index (χ3v) is 2.26. The molecule has 1 heterocycles. The van der Waals surface area contributed by atoms with Crippen LogP contribution in [0.25, 0.3) is 0 Å². The van der Waals surface area contributed by atoms with Gasteiger partial charge in [0.2, 0.25) is 0 Å². The van der Waals surface area contributed by atoms with Crippen LogP contribution < -0.4 is 5.32 Å². The predicted molar refractivity (Wildman–Crippen MR) is 55.8 cm³/mol. The summed E-state index contributed by atoms with van der Waals surface area (Å²) in [5.41, 5.74) is 0. The summed E-state index contributed by atoms with van der Waals surface area (Å²) >= 11 is 0. The van der Waals surface area contributed by atoms with Gasteiger partial charge in [-0.1, -0.05) is 0 Å². The fourth-order valence-corrected chi connectivity index (χ4v) is 1.58. The summed E-state index contributed by atoms with van der Waals surface area (Å²) in [5.74, 6) is 0.613. The summed E-state index contributed by atoms with van der Waals surface area (Å²) in [6.45, 7) is 3.15. The van der Waals surface area contributed by atoms with Crippen LogP contribution in [0.5, 0.6) is 0 Å². The molecule has 1 aliphatic heterocycles. The van der Waals surface area contributed by atoms with Crippen LogP contribution in [-0.4, -0.2) is 43.2 Å². The second-order valence-corrected chi connectivity index (χ2v) is 3.41. The van der Waals surface area contributed by atoms with Gasteiger partial charge >= 0.3 is 0 Å². The third kappa shape index (κ3) is 4.16. The normalized spacial score (nSPS) is 19.0. The molecule has 0 aliphatic carbocycles. The maximum Gasteiger partial charge on any atom is 0.274 e. The molecule has 1 aliphatic rings. The number of hydrogen-bond donors (Lipinski definition) is 1. The van der Waals surface area contributed by atoms with Gasteiger partial charge in [0.25, 0.3) is 6.20 Å². The first-order valence-corrected chi connectivity index (χ1v) is 5.07. The van der Waals surface area contributed by atoms with Gasteiger partial charge in [0.05, 0.1) is 4.92 Å². The lowest BCUT2D eigenvalue weighted by Crippen LogP contribution is -2.40. The van der Waals surface area contributed by atoms with Crippen LogP contribution in [0.3, 0.4) is 0 Å². The molecule has 0 atom stereocenters. The van der Waals surface area contributed by atoms with Crippen molar-refractivity contribution in [3.63, 3.8) is 0 Å². The monoisotopic (exact) mass is 215 g/mol. The molecule has 0 spiro atoms. The smallest absolute Gasteiger partial charge is 0.274 e. The highest BCUT2D eigenvalue weighted by atomic mass is 16.6. The Labute approximate surface area is 89.0 Å². The molecule has 1 saturated heterocycles. The van der Waals surface area contributed by atoms with Gasteiger partial charge in [0.1, 0.15) is 0 Å². The molecule has 15 heavy (non-hydrogen) atoms. The van der Waals surface area contributed by atoms with E-state index in [2.05, 4.69) is 5.32 Å². The average Bonchev–Trinajstić information content (AvgIpc) is 2.20. The highest BCUT2D eigenvalue weighted by Crippen LogP contribution is 2.08. The second-order valence-electron chi connectivity index (χ2n) is 3.41. The van der Waals surface area contributed by atoms with Crippen molar-refractivity contribution in [2.45, 2.75) is 12.8 Å². The quantitative estimate of drug-likeness (QED) is 0.408. The molecular weight excluding hydrogens is 198 g/mol. The third-order valence-electron chi connectivity index (χ3n) is 2.26. The summed E-state index contributed by atoms with van der Waals surface area (Å²) in [7, 11) is 1.65. The molecular formula is C9H17N3O3. The van der Waals surface area contributed by atoms with E-state index >= 15 is 0 Å². The van der Waals surface area contributed by atoms with Crippen molar-refractivity contribution >= 4 is 0 Å². The van der Waals surface area contributed by atoms with E-state index in [1.54, 1.807) is 7.11 Å². The number of rotatable bonds is 5. The summed E-state index contributed by atoms with van der Waals surface area (Å²) in [6.07, 6.45) is 2.93. The lowest BCUT2D eigenvalue weighted by molar-refractivity contribution is -0.404. The number of hydrogen-bond acceptors (Lipinski definition) is 5. The molecule has 86 valence electrons. The van der Waals surface area contributed by atoms with Crippen molar-refractivity contribution in [1.29, 1.82) is 0 Å². The maximum atomic E-state index is 10.4. The number of methoxy groups -OCH3 is 1. The number of nitrogens with one attached hydrogen (secondary N) is 1. The average molecular weight is 215 g/mol. The Bertz CT molecular complexity index is 243. The van der Waals surface area contributed by atoms with Crippen LogP contribution in [-0.2, 0) is 4.74 Å². The van der Waals surface area contributed by atoms with E-state index in [1.807, 2.05) is 4.90 Å². The Morgan fingerprint density at radius 1 is 1.73 bits per heavy atom. The van der Waals surface area contributed by atoms with E-state index in [9.17, 15) is 10.1 Å². The van der Waals surface area contributed by atoms with Crippen molar-refractivity contribution in [2.24, 2.45) is 0 Å². The molecule has 1 N–H and O–H groups in total. The van der Waals surface area contributed by atoms with Crippen LogP contribution in [0.2, 0.25) is 0 Å². The highest BCUT2D eigenvalue weighted by Gasteiger charge is 2.16. The second kappa shape index (κ2) is 6.23. The van der Waals surface area contributed by atoms with E-state index < -0.39 is 4.92 Å². The molecule has 0 aromatic carbocycles. The van der Waals surface area contributed by atoms with Crippen LogP contribution >= 0.6 is 0 Å². The van der Waals surface area contributed by atoms with E-state index in [-0.39, 0.29) is 0 Å². The van der Waals surface area contributed by atoms with Gasteiger partial charge in [-0.3, -0.25) is 10.1 Å². The largest absolute Gasteiger partial charge is 0.385 e. The molecule has 1 fully saturated rings. The van der Waals surface area contributed by atoms with Gasteiger partial charge in [-0.15, -0.1) is 0 Å². The Balaban J connectivity index is 2.46. The SMILES string of the molecule is COCCCN1CCCNC1=C[N+](=O)[O-]. The lowest BCUT2D eigenvalue weighted by Gasteiger charge is -2.30. The molecule has 0 saturated carbocycles. The van der Waals surface area contributed by atoms with Crippen LogP contribution in [0.15, 0.2) is 12.0 Å². The molecule has 0 unspecified atom stereocenters. The first-order valence-electron chi connectivity index (χ1n) is 5.07. The van der Waals surface area contributed by atoms with Crippen molar-refractivity contribution in [3.05, 3.63) is 22.1 Å². The Hall–Kier alpha value is -1.30. The Kier molecular flexibility index (Phi) is 4.89. The summed E-state index contributed by atoms with van der Waals surface area (Å²) in [6, 6.07) is 0. The lowest BCUT2D eigenvalue weighted by atomic mass is 10.3. The van der Waals surface area contributed by atoms with E-state index in [4.69, 9.17) is 4.74 Å². The highest BCUT2D eigenvalue weighted by molar-refractivity contribution is 4.97. The fourth-order valence-electron chi connectivity index (χ4n) is 1.58. The summed E-state index contributed by atoms with van der Waals surface area (Å²) in [4.78, 5) is 12.0. The molecule has 6 nitrogen and oxygen atoms in total. The zero-order valence-corrected chi connectivity index (χ0v) is 8.94. The van der Waals surface area contributed by atoms with E-state index in [0.29, 0.717) is 12.4 Å². The van der Waals surface area contributed by atoms with E-state index in [0.717, 1.165) is 38.7 Å². The van der Waals surface area contributed by atoms with Crippen molar-refractivity contribution in [3.8, 4) is 0 Å². The van der Waals surface area contributed by atoms with Crippen molar-refractivity contribution in [1.82, 2.24) is 10.2 Å². The van der Waals surface area contributed by atoms with Gasteiger partial charge < -0.3 is 15.0 Å². The molecule has 0 aromatic rings. The minimum atomic E-state index is -0.420. The zero-order valence-electron chi connectivity index (χ0n) is 8.94. The number of nitro groups is 1. The summed E-state index contributed by atoms with van der Waals surface area (Å²) < 4.78 is 4.95. The van der Waals surface area contributed by atoms with Gasteiger partial charge in [0.15, 0.2) is 5.82 Å². The van der Waals surface area contributed by atoms with Gasteiger partial charge in [0, 0.05) is 33.4 Å². The minimum absolute atomic E-state index is 0.420. The molecule has 0 bridgehead atoms. The number of nitrogens with zero attached hydrogens (tertiary/aromatic N) is 2. The van der Waals surface area contributed by atoms with E-state index in [1.165, 1.54) is 0 Å². The molecule has 0 amide bonds. The standard InChI is InChI=1S/C9H17N3O3/c1-15-7-3-6-11-5-2-4-10-9(11)8-12(13)14/h8,10H,2-7H2,1H3. The van der Waals surface area contributed by atoms with Crippen molar-refractivity contribution < 1.29 is 9.66 Å². The first kappa shape index (κ1) is 11.8. The van der Waals surface area contributed by atoms with Gasteiger partial charge in [-0.05, 0) is 12.8 Å². The predicted octanol–water partition coefficient (Wildman–Crippen LogP) is 0.394. The minimum Gasteiger partial charge on any atom is -0.385 e. The van der Waals surface area contributed by atoms with Crippen LogP contribution in [0, 0.1) is 10.1 Å². The van der Waals surface area contributed by atoms with Crippen molar-refractivity contribution in [2.75, 3.05) is 33.4 Å². The molecule has 0 radical (unpaired) electrons. The zero-order chi connectivity index (χ0) is 11.1. The molecule has 6 heteroatoms. The molecule has 0 aromatic heterocycles. The van der Waals surface area contributed by atoms with Crippen LogP contribution in [0.1, 0.15) is 12.8 Å². The number of ether oxygens (including phenoxy) is 1. The van der Waals surface area contributed by atoms with Crippen LogP contribution in [0.4, 0.5) is 0 Å². The maximum absolute atomic E-state index is 10.4. The Morgan fingerprint density at radius 3 is 3.20 bits per heavy atom. The topological polar surface area (TPSA) is 67.6 Å². The van der Waals surface area contributed by atoms with Gasteiger partial charge in [-0.25, -0.2) is 0 Å². The van der Waals surface area contributed by atoms with Gasteiger partial charge in [-0.2, -0.15) is 0 Å².